The van der Waals surface area contributed by atoms with Gasteiger partial charge in [0.1, 0.15) is 5.69 Å². The van der Waals surface area contributed by atoms with Gasteiger partial charge in [-0.3, -0.25) is 10.1 Å². The second-order valence-corrected chi connectivity index (χ2v) is 4.24. The summed E-state index contributed by atoms with van der Waals surface area (Å²) in [5, 5.41) is 19.0. The average molecular weight is 256 g/mol. The van der Waals surface area contributed by atoms with Gasteiger partial charge in [0, 0.05) is 17.3 Å². The van der Waals surface area contributed by atoms with E-state index in [2.05, 4.69) is 0 Å². The van der Waals surface area contributed by atoms with Gasteiger partial charge < -0.3 is 11.1 Å². The highest BCUT2D eigenvalue weighted by Crippen LogP contribution is 2.33. The number of benzene rings is 1. The lowest BCUT2D eigenvalue weighted by Gasteiger charge is -2.14. The molecule has 6 heteroatoms. The molecule has 0 aliphatic rings. The maximum atomic E-state index is 10.8. The van der Waals surface area contributed by atoms with E-state index in [1.54, 1.807) is 0 Å². The van der Waals surface area contributed by atoms with Crippen LogP contribution in [0.3, 0.4) is 0 Å². The first-order valence-electron chi connectivity index (χ1n) is 5.21. The molecule has 1 aromatic carbocycles. The number of anilines is 1. The van der Waals surface area contributed by atoms with Crippen LogP contribution in [0.1, 0.15) is 25.8 Å². The molecule has 0 heterocycles. The summed E-state index contributed by atoms with van der Waals surface area (Å²) in [6.07, 6.45) is 0.747. The second-order valence-electron chi connectivity index (χ2n) is 3.84. The van der Waals surface area contributed by atoms with Crippen molar-refractivity contribution in [3.8, 4) is 0 Å². The summed E-state index contributed by atoms with van der Waals surface area (Å²) in [5.74, 6) is -0.0446. The Morgan fingerprint density at radius 2 is 2.24 bits per heavy atom. The van der Waals surface area contributed by atoms with Gasteiger partial charge in [0.25, 0.3) is 5.69 Å². The Labute approximate surface area is 104 Å². The predicted molar refractivity (Wildman–Crippen MR) is 68.8 cm³/mol. The first-order valence-corrected chi connectivity index (χ1v) is 5.59. The van der Waals surface area contributed by atoms with E-state index in [1.165, 1.54) is 12.1 Å². The zero-order chi connectivity index (χ0) is 13.2. The van der Waals surface area contributed by atoms with Crippen molar-refractivity contribution in [1.82, 2.24) is 0 Å². The fourth-order valence-corrected chi connectivity index (χ4v) is 1.73. The number of nitrogens with zero attached hydrogens (tertiary/aromatic N) is 1. The molecule has 17 heavy (non-hydrogen) atoms. The molecule has 0 saturated carbocycles. The molecular weight excluding hydrogens is 242 g/mol. The molecule has 1 aromatic rings. The summed E-state index contributed by atoms with van der Waals surface area (Å²) in [7, 11) is 0. The van der Waals surface area contributed by atoms with Gasteiger partial charge in [0.05, 0.1) is 9.95 Å². The summed E-state index contributed by atoms with van der Waals surface area (Å²) in [5.41, 5.74) is 5.97. The Bertz CT molecular complexity index is 474. The number of nitro groups is 1. The number of hydrogen-bond acceptors (Lipinski definition) is 4. The third kappa shape index (κ3) is 2.55. The molecule has 0 aromatic heterocycles. The average Bonchev–Trinajstić information content (AvgIpc) is 2.27. The van der Waals surface area contributed by atoms with Gasteiger partial charge in [-0.05, 0) is 18.4 Å². The molecule has 0 saturated heterocycles. The van der Waals surface area contributed by atoms with Crippen LogP contribution in [0.2, 0.25) is 5.02 Å². The van der Waals surface area contributed by atoms with Crippen molar-refractivity contribution in [3.05, 3.63) is 32.8 Å². The zero-order valence-electron chi connectivity index (χ0n) is 9.66. The molecule has 92 valence electrons. The fourth-order valence-electron chi connectivity index (χ4n) is 1.47. The van der Waals surface area contributed by atoms with Crippen LogP contribution in [-0.2, 0) is 0 Å². The SMILES string of the molecule is CCC(C)C(=N)c1c(Cl)ccc([N+](=O)[O-])c1N. The highest BCUT2D eigenvalue weighted by atomic mass is 35.5. The van der Waals surface area contributed by atoms with E-state index in [4.69, 9.17) is 22.7 Å². The van der Waals surface area contributed by atoms with Gasteiger partial charge in [-0.1, -0.05) is 25.4 Å². The summed E-state index contributed by atoms with van der Waals surface area (Å²) < 4.78 is 0. The highest BCUT2D eigenvalue weighted by molar-refractivity contribution is 6.35. The third-order valence-electron chi connectivity index (χ3n) is 2.74. The smallest absolute Gasteiger partial charge is 0.292 e. The lowest BCUT2D eigenvalue weighted by atomic mass is 9.94. The number of halogens is 1. The molecule has 0 fully saturated rings. The molecule has 1 rings (SSSR count). The number of nitrogen functional groups attached to an aromatic ring is 1. The lowest BCUT2D eigenvalue weighted by Crippen LogP contribution is -2.14. The lowest BCUT2D eigenvalue weighted by molar-refractivity contribution is -0.383. The molecule has 1 atom stereocenters. The van der Waals surface area contributed by atoms with E-state index >= 15 is 0 Å². The normalized spacial score (nSPS) is 12.2. The molecule has 0 radical (unpaired) electrons. The molecule has 1 unspecified atom stereocenters. The topological polar surface area (TPSA) is 93.0 Å². The van der Waals surface area contributed by atoms with E-state index in [1.807, 2.05) is 13.8 Å². The number of nitro benzene ring substituents is 1. The predicted octanol–water partition coefficient (Wildman–Crippen LogP) is 3.24. The highest BCUT2D eigenvalue weighted by Gasteiger charge is 2.22. The third-order valence-corrected chi connectivity index (χ3v) is 3.06. The van der Waals surface area contributed by atoms with Gasteiger partial charge in [0.2, 0.25) is 0 Å². The number of nitrogens with two attached hydrogens (primary N) is 1. The number of hydrogen-bond donors (Lipinski definition) is 2. The summed E-state index contributed by atoms with van der Waals surface area (Å²) in [6, 6.07) is 2.66. The fraction of sp³-hybridized carbons (Fsp3) is 0.364. The molecule has 5 nitrogen and oxygen atoms in total. The van der Waals surface area contributed by atoms with Crippen LogP contribution >= 0.6 is 11.6 Å². The molecule has 0 bridgehead atoms. The van der Waals surface area contributed by atoms with Crippen LogP contribution in [0.15, 0.2) is 12.1 Å². The minimum Gasteiger partial charge on any atom is -0.393 e. The van der Waals surface area contributed by atoms with Crippen molar-refractivity contribution in [3.63, 3.8) is 0 Å². The van der Waals surface area contributed by atoms with Crippen molar-refractivity contribution in [2.24, 2.45) is 5.92 Å². The van der Waals surface area contributed by atoms with Crippen LogP contribution in [-0.4, -0.2) is 10.6 Å². The van der Waals surface area contributed by atoms with E-state index in [0.717, 1.165) is 6.42 Å². The number of nitrogens with one attached hydrogen (secondary N) is 1. The zero-order valence-corrected chi connectivity index (χ0v) is 10.4. The minimum atomic E-state index is -0.570. The quantitative estimate of drug-likeness (QED) is 0.374. The van der Waals surface area contributed by atoms with Crippen LogP contribution in [0, 0.1) is 21.4 Å². The molecule has 0 amide bonds. The van der Waals surface area contributed by atoms with Crippen molar-refractivity contribution in [2.45, 2.75) is 20.3 Å². The van der Waals surface area contributed by atoms with Gasteiger partial charge in [-0.25, -0.2) is 0 Å². The summed E-state index contributed by atoms with van der Waals surface area (Å²) >= 11 is 5.96. The molecule has 0 aliphatic heterocycles. The van der Waals surface area contributed by atoms with Crippen molar-refractivity contribution in [1.29, 1.82) is 5.41 Å². The maximum Gasteiger partial charge on any atom is 0.292 e. The van der Waals surface area contributed by atoms with Crippen molar-refractivity contribution in [2.75, 3.05) is 5.73 Å². The Balaban J connectivity index is 3.37. The van der Waals surface area contributed by atoms with Crippen LogP contribution < -0.4 is 5.73 Å². The first-order chi connectivity index (χ1) is 7.90. The monoisotopic (exact) mass is 255 g/mol. The maximum absolute atomic E-state index is 10.8. The van der Waals surface area contributed by atoms with Gasteiger partial charge in [-0.2, -0.15) is 0 Å². The van der Waals surface area contributed by atoms with E-state index in [0.29, 0.717) is 0 Å². The van der Waals surface area contributed by atoms with E-state index in [9.17, 15) is 10.1 Å². The largest absolute Gasteiger partial charge is 0.393 e. The molecular formula is C11H14ClN3O2. The second kappa shape index (κ2) is 5.14. The van der Waals surface area contributed by atoms with Gasteiger partial charge >= 0.3 is 0 Å². The van der Waals surface area contributed by atoms with Gasteiger partial charge in [-0.15, -0.1) is 0 Å². The van der Waals surface area contributed by atoms with Crippen molar-refractivity contribution < 1.29 is 4.92 Å². The Morgan fingerprint density at radius 1 is 1.65 bits per heavy atom. The van der Waals surface area contributed by atoms with Crippen molar-refractivity contribution >= 4 is 28.7 Å². The van der Waals surface area contributed by atoms with E-state index < -0.39 is 4.92 Å². The molecule has 0 aliphatic carbocycles. The van der Waals surface area contributed by atoms with Gasteiger partial charge in [0.15, 0.2) is 0 Å². The van der Waals surface area contributed by atoms with Crippen LogP contribution in [0.25, 0.3) is 0 Å². The van der Waals surface area contributed by atoms with Crippen LogP contribution in [0.5, 0.6) is 0 Å². The molecule has 3 N–H and O–H groups in total. The molecule has 0 spiro atoms. The standard InChI is InChI=1S/C11H14ClN3O2/c1-3-6(2)10(13)9-7(12)4-5-8(11(9)14)15(16)17/h4-6,13H,3,14H2,1-2H3. The van der Waals surface area contributed by atoms with Crippen LogP contribution in [0.4, 0.5) is 11.4 Å². The Hall–Kier alpha value is -1.62. The number of rotatable bonds is 4. The Kier molecular flexibility index (Phi) is 4.07. The first kappa shape index (κ1) is 13.4. The summed E-state index contributed by atoms with van der Waals surface area (Å²) in [4.78, 5) is 10.2. The minimum absolute atomic E-state index is 0.0344. The Morgan fingerprint density at radius 3 is 2.71 bits per heavy atom. The van der Waals surface area contributed by atoms with E-state index in [-0.39, 0.29) is 33.6 Å². The summed E-state index contributed by atoms with van der Waals surface area (Å²) in [6.45, 7) is 3.79.